The predicted molar refractivity (Wildman–Crippen MR) is 85.0 cm³/mol. The van der Waals surface area contributed by atoms with E-state index >= 15 is 0 Å². The number of benzene rings is 2. The molecule has 0 aliphatic rings. The lowest BCUT2D eigenvalue weighted by Gasteiger charge is -2.08. The van der Waals surface area contributed by atoms with Crippen molar-refractivity contribution in [1.29, 1.82) is 0 Å². The van der Waals surface area contributed by atoms with E-state index in [0.717, 1.165) is 5.56 Å². The minimum Gasteiger partial charge on any atom is -0.508 e. The second kappa shape index (κ2) is 7.84. The van der Waals surface area contributed by atoms with Crippen LogP contribution in [0.15, 0.2) is 48.5 Å². The lowest BCUT2D eigenvalue weighted by atomic mass is 10.1. The number of nitrogens with one attached hydrogen (secondary N) is 2. The third kappa shape index (κ3) is 5.03. The third-order valence-electron chi connectivity index (χ3n) is 3.04. The molecule has 0 atom stereocenters. The molecule has 0 saturated heterocycles. The number of hydrogen-bond donors (Lipinski definition) is 3. The standard InChI is InChI=1S/C17H18N2O4/c1-2-23-15-9-5-13(6-10-15)17(22)19-18-16(21)11-12-3-7-14(20)8-4-12/h3-10,20H,2,11H2,1H3,(H,18,21)(H,19,22). The Labute approximate surface area is 134 Å². The number of aromatic hydroxyl groups is 1. The topological polar surface area (TPSA) is 87.7 Å². The Bertz CT molecular complexity index is 666. The largest absolute Gasteiger partial charge is 0.508 e. The quantitative estimate of drug-likeness (QED) is 0.734. The van der Waals surface area contributed by atoms with Crippen LogP contribution in [-0.4, -0.2) is 23.5 Å². The SMILES string of the molecule is CCOc1ccc(C(=O)NNC(=O)Cc2ccc(O)cc2)cc1. The second-order valence-electron chi connectivity index (χ2n) is 4.80. The van der Waals surface area contributed by atoms with Gasteiger partial charge in [0.2, 0.25) is 5.91 Å². The summed E-state index contributed by atoms with van der Waals surface area (Å²) in [6.07, 6.45) is 0.101. The van der Waals surface area contributed by atoms with Crippen molar-refractivity contribution in [1.82, 2.24) is 10.9 Å². The van der Waals surface area contributed by atoms with Crippen molar-refractivity contribution in [3.05, 3.63) is 59.7 Å². The van der Waals surface area contributed by atoms with E-state index in [0.29, 0.717) is 17.9 Å². The van der Waals surface area contributed by atoms with E-state index in [-0.39, 0.29) is 18.1 Å². The first-order valence-corrected chi connectivity index (χ1v) is 7.18. The van der Waals surface area contributed by atoms with E-state index in [1.54, 1.807) is 36.4 Å². The van der Waals surface area contributed by atoms with Crippen LogP contribution in [-0.2, 0) is 11.2 Å². The second-order valence-corrected chi connectivity index (χ2v) is 4.80. The highest BCUT2D eigenvalue weighted by Crippen LogP contribution is 2.12. The summed E-state index contributed by atoms with van der Waals surface area (Å²) in [4.78, 5) is 23.7. The van der Waals surface area contributed by atoms with Crippen LogP contribution in [0, 0.1) is 0 Å². The molecule has 0 saturated carbocycles. The van der Waals surface area contributed by atoms with Gasteiger partial charge in [0.05, 0.1) is 13.0 Å². The van der Waals surface area contributed by atoms with Gasteiger partial charge in [0, 0.05) is 5.56 Å². The van der Waals surface area contributed by atoms with Gasteiger partial charge in [-0.25, -0.2) is 0 Å². The number of hydrazine groups is 1. The molecule has 2 aromatic rings. The molecule has 0 aliphatic heterocycles. The molecule has 23 heavy (non-hydrogen) atoms. The highest BCUT2D eigenvalue weighted by Gasteiger charge is 2.08. The molecule has 0 bridgehead atoms. The van der Waals surface area contributed by atoms with Crippen LogP contribution in [0.25, 0.3) is 0 Å². The van der Waals surface area contributed by atoms with Crippen molar-refractivity contribution in [3.8, 4) is 11.5 Å². The monoisotopic (exact) mass is 314 g/mol. The predicted octanol–water partition coefficient (Wildman–Crippen LogP) is 1.79. The Morgan fingerprint density at radius 3 is 2.26 bits per heavy atom. The Morgan fingerprint density at radius 2 is 1.65 bits per heavy atom. The van der Waals surface area contributed by atoms with Gasteiger partial charge in [-0.1, -0.05) is 12.1 Å². The van der Waals surface area contributed by atoms with Crippen LogP contribution in [0.3, 0.4) is 0 Å². The lowest BCUT2D eigenvalue weighted by Crippen LogP contribution is -2.42. The number of carbonyl (C=O) groups is 2. The minimum absolute atomic E-state index is 0.101. The Morgan fingerprint density at radius 1 is 1.00 bits per heavy atom. The van der Waals surface area contributed by atoms with Crippen molar-refractivity contribution < 1.29 is 19.4 Å². The zero-order valence-corrected chi connectivity index (χ0v) is 12.7. The van der Waals surface area contributed by atoms with E-state index in [1.807, 2.05) is 6.92 Å². The molecular weight excluding hydrogens is 296 g/mol. The molecule has 2 amide bonds. The summed E-state index contributed by atoms with van der Waals surface area (Å²) in [5.74, 6) is 0.0560. The van der Waals surface area contributed by atoms with Crippen molar-refractivity contribution >= 4 is 11.8 Å². The lowest BCUT2D eigenvalue weighted by molar-refractivity contribution is -0.121. The van der Waals surface area contributed by atoms with Gasteiger partial charge in [-0.15, -0.1) is 0 Å². The molecule has 0 aliphatic carbocycles. The van der Waals surface area contributed by atoms with Crippen molar-refractivity contribution in [3.63, 3.8) is 0 Å². The molecule has 0 fully saturated rings. The summed E-state index contributed by atoms with van der Waals surface area (Å²) < 4.78 is 5.29. The fourth-order valence-corrected chi connectivity index (χ4v) is 1.91. The fraction of sp³-hybridized carbons (Fsp3) is 0.176. The van der Waals surface area contributed by atoms with E-state index in [4.69, 9.17) is 4.74 Å². The Kier molecular flexibility index (Phi) is 5.57. The van der Waals surface area contributed by atoms with E-state index < -0.39 is 5.91 Å². The van der Waals surface area contributed by atoms with Gasteiger partial charge in [-0.2, -0.15) is 0 Å². The summed E-state index contributed by atoms with van der Waals surface area (Å²) in [5, 5.41) is 9.18. The smallest absolute Gasteiger partial charge is 0.269 e. The van der Waals surface area contributed by atoms with Crippen LogP contribution < -0.4 is 15.6 Å². The maximum absolute atomic E-state index is 11.9. The normalized spacial score (nSPS) is 9.96. The Hall–Kier alpha value is -3.02. The van der Waals surface area contributed by atoms with Gasteiger partial charge in [0.1, 0.15) is 11.5 Å². The number of ether oxygens (including phenoxy) is 1. The van der Waals surface area contributed by atoms with E-state index in [1.165, 1.54) is 12.1 Å². The Balaban J connectivity index is 1.83. The molecule has 0 heterocycles. The summed E-state index contributed by atoms with van der Waals surface area (Å²) in [7, 11) is 0. The number of rotatable bonds is 5. The molecule has 120 valence electrons. The van der Waals surface area contributed by atoms with Gasteiger partial charge in [-0.3, -0.25) is 20.4 Å². The highest BCUT2D eigenvalue weighted by molar-refractivity contribution is 5.95. The van der Waals surface area contributed by atoms with Gasteiger partial charge in [0.25, 0.3) is 5.91 Å². The zero-order valence-electron chi connectivity index (χ0n) is 12.7. The molecule has 6 heteroatoms. The first-order chi connectivity index (χ1) is 11.1. The number of phenolic OH excluding ortho intramolecular Hbond substituents is 1. The number of hydrogen-bond acceptors (Lipinski definition) is 4. The molecule has 3 N–H and O–H groups in total. The fourth-order valence-electron chi connectivity index (χ4n) is 1.91. The average Bonchev–Trinajstić information content (AvgIpc) is 2.56. The highest BCUT2D eigenvalue weighted by atomic mass is 16.5. The molecule has 0 unspecified atom stereocenters. The molecule has 0 radical (unpaired) electrons. The van der Waals surface area contributed by atoms with Crippen molar-refractivity contribution in [2.24, 2.45) is 0 Å². The third-order valence-corrected chi connectivity index (χ3v) is 3.04. The van der Waals surface area contributed by atoms with Crippen molar-refractivity contribution in [2.45, 2.75) is 13.3 Å². The van der Waals surface area contributed by atoms with E-state index in [9.17, 15) is 14.7 Å². The number of carbonyl (C=O) groups excluding carboxylic acids is 2. The average molecular weight is 314 g/mol. The molecular formula is C17H18N2O4. The minimum atomic E-state index is -0.410. The first-order valence-electron chi connectivity index (χ1n) is 7.18. The maximum atomic E-state index is 11.9. The van der Waals surface area contributed by atoms with Gasteiger partial charge in [-0.05, 0) is 48.9 Å². The first kappa shape index (κ1) is 16.4. The number of phenols is 1. The van der Waals surface area contributed by atoms with E-state index in [2.05, 4.69) is 10.9 Å². The maximum Gasteiger partial charge on any atom is 0.269 e. The molecule has 2 aromatic carbocycles. The summed E-state index contributed by atoms with van der Waals surface area (Å²) >= 11 is 0. The van der Waals surface area contributed by atoms with Gasteiger partial charge in [0.15, 0.2) is 0 Å². The van der Waals surface area contributed by atoms with Gasteiger partial charge < -0.3 is 9.84 Å². The summed E-state index contributed by atoms with van der Waals surface area (Å²) in [6.45, 7) is 2.43. The molecule has 0 spiro atoms. The van der Waals surface area contributed by atoms with Crippen LogP contribution in [0.4, 0.5) is 0 Å². The zero-order chi connectivity index (χ0) is 16.7. The van der Waals surface area contributed by atoms with Crippen LogP contribution in [0.1, 0.15) is 22.8 Å². The molecule has 0 aromatic heterocycles. The number of amides is 2. The van der Waals surface area contributed by atoms with Gasteiger partial charge >= 0.3 is 0 Å². The van der Waals surface area contributed by atoms with Crippen LogP contribution in [0.2, 0.25) is 0 Å². The summed E-state index contributed by atoms with van der Waals surface area (Å²) in [6, 6.07) is 12.9. The molecule has 2 rings (SSSR count). The summed E-state index contributed by atoms with van der Waals surface area (Å²) in [5.41, 5.74) is 5.85. The van der Waals surface area contributed by atoms with Crippen molar-refractivity contribution in [2.75, 3.05) is 6.61 Å². The van der Waals surface area contributed by atoms with Crippen LogP contribution >= 0.6 is 0 Å². The molecule has 6 nitrogen and oxygen atoms in total. The van der Waals surface area contributed by atoms with Crippen LogP contribution in [0.5, 0.6) is 11.5 Å².